The molecule has 3 aromatic heterocycles. The predicted octanol–water partition coefficient (Wildman–Crippen LogP) is 6.90. The Hall–Kier alpha value is -3.18. The third-order valence-electron chi connectivity index (χ3n) is 4.72. The number of rotatable bonds is 0. The summed E-state index contributed by atoms with van der Waals surface area (Å²) in [6, 6.07) is 26.9. The van der Waals surface area contributed by atoms with Gasteiger partial charge in [0, 0.05) is 39.1 Å². The van der Waals surface area contributed by atoms with E-state index >= 15 is 0 Å². The molecule has 0 saturated carbocycles. The molecule has 32 heavy (non-hydrogen) atoms. The molecule has 1 aromatic carbocycles. The van der Waals surface area contributed by atoms with Crippen LogP contribution >= 0.6 is 15.9 Å². The summed E-state index contributed by atoms with van der Waals surface area (Å²) in [6.07, 6.45) is 8.05. The number of benzene rings is 1. The molecule has 0 spiro atoms. The zero-order valence-corrected chi connectivity index (χ0v) is 19.6. The van der Waals surface area contributed by atoms with Gasteiger partial charge in [0.1, 0.15) is 0 Å². The Bertz CT molecular complexity index is 1360. The Kier molecular flexibility index (Phi) is 6.86. The molecular weight excluding hydrogens is 504 g/mol. The van der Waals surface area contributed by atoms with E-state index in [2.05, 4.69) is 72.3 Å². The van der Waals surface area contributed by atoms with Gasteiger partial charge in [-0.1, -0.05) is 20.4 Å². The predicted molar refractivity (Wildman–Crippen MR) is 132 cm³/mol. The monoisotopic (exact) mass is 521 g/mol. The third kappa shape index (κ3) is 5.54. The van der Waals surface area contributed by atoms with Crippen molar-refractivity contribution >= 4 is 62.3 Å². The maximum atomic E-state index is 4.62. The molecule has 6 rings (SSSR count). The number of aromatic nitrogens is 4. The molecule has 8 bridgehead atoms. The number of nitrogens with one attached hydrogen (secondary N) is 2. The number of fused-ring (bicyclic) bond motifs is 8. The zero-order valence-electron chi connectivity index (χ0n) is 16.9. The zero-order chi connectivity index (χ0) is 21.0. The van der Waals surface area contributed by atoms with Gasteiger partial charge < -0.3 is 9.97 Å². The second-order valence-electron chi connectivity index (χ2n) is 7.12. The molecule has 158 valence electrons. The number of hydrogen-bond acceptors (Lipinski definition) is 2. The van der Waals surface area contributed by atoms with E-state index in [0.717, 1.165) is 49.3 Å². The van der Waals surface area contributed by atoms with Crippen LogP contribution in [0.5, 0.6) is 0 Å². The first-order chi connectivity index (χ1) is 15.2. The van der Waals surface area contributed by atoms with Crippen molar-refractivity contribution in [3.05, 3.63) is 106 Å². The van der Waals surface area contributed by atoms with E-state index in [-0.39, 0.29) is 17.1 Å². The smallest absolute Gasteiger partial charge is 0.0659 e. The molecule has 0 saturated heterocycles. The summed E-state index contributed by atoms with van der Waals surface area (Å²) in [5, 5.41) is 0. The van der Waals surface area contributed by atoms with Crippen LogP contribution in [-0.4, -0.2) is 19.9 Å². The Morgan fingerprint density at radius 1 is 0.562 bits per heavy atom. The van der Waals surface area contributed by atoms with Crippen LogP contribution in [0.4, 0.5) is 0 Å². The number of halogens is 1. The van der Waals surface area contributed by atoms with Crippen molar-refractivity contribution in [1.29, 1.82) is 0 Å². The maximum absolute atomic E-state index is 4.62. The van der Waals surface area contributed by atoms with Gasteiger partial charge in [-0.15, -0.1) is 0 Å². The topological polar surface area (TPSA) is 57.4 Å². The average Bonchev–Trinajstić information content (AvgIpc) is 3.55. The van der Waals surface area contributed by atoms with Gasteiger partial charge in [-0.3, -0.25) is 0 Å². The van der Waals surface area contributed by atoms with E-state index in [4.69, 9.17) is 0 Å². The van der Waals surface area contributed by atoms with E-state index in [1.54, 1.807) is 0 Å². The van der Waals surface area contributed by atoms with Gasteiger partial charge in [0.05, 0.1) is 22.8 Å². The molecule has 0 fully saturated rings. The molecule has 0 unspecified atom stereocenters. The summed E-state index contributed by atoms with van der Waals surface area (Å²) in [5.41, 5.74) is 7.86. The van der Waals surface area contributed by atoms with Crippen molar-refractivity contribution in [3.63, 3.8) is 0 Å². The molecule has 0 radical (unpaired) electrons. The summed E-state index contributed by atoms with van der Waals surface area (Å²) in [4.78, 5) is 16.0. The number of hydrogen-bond donors (Lipinski definition) is 2. The Labute approximate surface area is 204 Å². The van der Waals surface area contributed by atoms with E-state index < -0.39 is 0 Å². The molecule has 2 aliphatic heterocycles. The Balaban J connectivity index is 0.000000265. The van der Waals surface area contributed by atoms with E-state index in [1.165, 1.54) is 0 Å². The van der Waals surface area contributed by atoms with Gasteiger partial charge in [-0.2, -0.15) is 30.3 Å². The van der Waals surface area contributed by atoms with Crippen LogP contribution in [0, 0.1) is 6.07 Å². The summed E-state index contributed by atoms with van der Waals surface area (Å²) in [5.74, 6) is 0. The number of nitrogens with zero attached hydrogens (tertiary/aromatic N) is 2. The largest absolute Gasteiger partial charge is 0.355 e. The van der Waals surface area contributed by atoms with Crippen LogP contribution in [0.3, 0.4) is 0 Å². The normalized spacial score (nSPS) is 11.4. The standard InChI is InChI=1S/C20H14N4.C6H4Br.Fe/c1-2-14-10-16-5-6-18(23-16)12-20-8-7-19(24-20)11-17-4-3-15(22-17)9-13(1)21-14;7-6-4-2-1-3-5-6;/h1-12,21-22H;2-5H;/q;-1;. The second-order valence-corrected chi connectivity index (χ2v) is 8.04. The van der Waals surface area contributed by atoms with Crippen LogP contribution in [0.15, 0.2) is 77.3 Å². The summed E-state index contributed by atoms with van der Waals surface area (Å²) < 4.78 is 1.10. The van der Waals surface area contributed by atoms with Gasteiger partial charge in [0.25, 0.3) is 0 Å². The SMILES string of the molecule is Brc1cc[c-]cc1.C1=Cc2cc3ccc(cc4ccc(cc5nc(cc1n2)C=C5)[nH]4)[nH]3.[Fe]. The van der Waals surface area contributed by atoms with E-state index in [9.17, 15) is 0 Å². The van der Waals surface area contributed by atoms with Crippen molar-refractivity contribution in [2.24, 2.45) is 0 Å². The fraction of sp³-hybridized carbons (Fsp3) is 0. The van der Waals surface area contributed by atoms with E-state index in [0.29, 0.717) is 0 Å². The molecule has 6 heteroatoms. The van der Waals surface area contributed by atoms with Crippen LogP contribution in [-0.2, 0) is 17.1 Å². The second kappa shape index (κ2) is 9.96. The first kappa shape index (κ1) is 22.0. The molecule has 2 N–H and O–H groups in total. The van der Waals surface area contributed by atoms with Gasteiger partial charge in [-0.25, -0.2) is 9.97 Å². The molecule has 4 nitrogen and oxygen atoms in total. The molecule has 0 aliphatic carbocycles. The van der Waals surface area contributed by atoms with Crippen LogP contribution in [0.2, 0.25) is 0 Å². The van der Waals surface area contributed by atoms with E-state index in [1.807, 2.05) is 66.8 Å². The number of H-pyrrole nitrogens is 2. The van der Waals surface area contributed by atoms with Crippen molar-refractivity contribution in [2.45, 2.75) is 0 Å². The number of aromatic amines is 2. The van der Waals surface area contributed by atoms with Crippen LogP contribution < -0.4 is 0 Å². The minimum absolute atomic E-state index is 0. The van der Waals surface area contributed by atoms with Crippen molar-refractivity contribution in [1.82, 2.24) is 19.9 Å². The van der Waals surface area contributed by atoms with Gasteiger partial charge >= 0.3 is 0 Å². The average molecular weight is 522 g/mol. The molecule has 5 heterocycles. The molecule has 0 atom stereocenters. The Morgan fingerprint density at radius 3 is 1.38 bits per heavy atom. The summed E-state index contributed by atoms with van der Waals surface area (Å²) >= 11 is 3.29. The minimum Gasteiger partial charge on any atom is -0.355 e. The quantitative estimate of drug-likeness (QED) is 0.169. The molecule has 2 aliphatic rings. The van der Waals surface area contributed by atoms with Crippen LogP contribution in [0.25, 0.3) is 46.4 Å². The first-order valence-corrected chi connectivity index (χ1v) is 10.6. The molecular formula is C26H18BrFeN4-. The van der Waals surface area contributed by atoms with Crippen LogP contribution in [0.1, 0.15) is 22.8 Å². The fourth-order valence-corrected chi connectivity index (χ4v) is 3.57. The third-order valence-corrected chi connectivity index (χ3v) is 5.25. The van der Waals surface area contributed by atoms with Gasteiger partial charge in [-0.05, 0) is 72.8 Å². The summed E-state index contributed by atoms with van der Waals surface area (Å²) in [6.45, 7) is 0. The maximum Gasteiger partial charge on any atom is 0.0659 e. The molecule has 4 aromatic rings. The summed E-state index contributed by atoms with van der Waals surface area (Å²) in [7, 11) is 0. The fourth-order valence-electron chi connectivity index (χ4n) is 3.31. The first-order valence-electron chi connectivity index (χ1n) is 9.86. The Morgan fingerprint density at radius 2 is 0.969 bits per heavy atom. The van der Waals surface area contributed by atoms with Gasteiger partial charge in [0.2, 0.25) is 0 Å². The minimum atomic E-state index is 0. The van der Waals surface area contributed by atoms with Crippen molar-refractivity contribution in [3.8, 4) is 0 Å². The van der Waals surface area contributed by atoms with Crippen molar-refractivity contribution < 1.29 is 17.1 Å². The van der Waals surface area contributed by atoms with Gasteiger partial charge in [0.15, 0.2) is 0 Å². The van der Waals surface area contributed by atoms with Crippen molar-refractivity contribution in [2.75, 3.05) is 0 Å². The molecule has 0 amide bonds.